The molecule has 0 bridgehead atoms. The van der Waals surface area contributed by atoms with Crippen molar-refractivity contribution in [2.45, 2.75) is 31.3 Å². The van der Waals surface area contributed by atoms with Crippen LogP contribution in [-0.4, -0.2) is 36.3 Å². The summed E-state index contributed by atoms with van der Waals surface area (Å²) < 4.78 is 1.81. The fourth-order valence-corrected chi connectivity index (χ4v) is 4.98. The van der Waals surface area contributed by atoms with E-state index >= 15 is 0 Å². The summed E-state index contributed by atoms with van der Waals surface area (Å²) in [5.74, 6) is 0. The predicted octanol–water partition coefficient (Wildman–Crippen LogP) is 4.80. The summed E-state index contributed by atoms with van der Waals surface area (Å²) in [6, 6.07) is 17.5. The average molecular weight is 392 g/mol. The van der Waals surface area contributed by atoms with Crippen molar-refractivity contribution in [1.82, 2.24) is 4.90 Å². The summed E-state index contributed by atoms with van der Waals surface area (Å²) in [5, 5.41) is 11.5. The van der Waals surface area contributed by atoms with Crippen LogP contribution < -0.4 is 0 Å². The van der Waals surface area contributed by atoms with Crippen LogP contribution in [0.2, 0.25) is 5.02 Å². The number of thiocarbonyl (C=S) groups is 1. The molecule has 0 spiro atoms. The molecule has 1 heterocycles. The molecule has 0 radical (unpaired) electrons. The van der Waals surface area contributed by atoms with Gasteiger partial charge in [-0.3, -0.25) is 10.1 Å². The van der Waals surface area contributed by atoms with Gasteiger partial charge in [-0.25, -0.2) is 0 Å². The zero-order valence-electron chi connectivity index (χ0n) is 14.1. The number of thioether (sulfide) groups is 1. The van der Waals surface area contributed by atoms with Gasteiger partial charge in [-0.05, 0) is 48.4 Å². The van der Waals surface area contributed by atoms with Gasteiger partial charge in [-0.15, -0.1) is 0 Å². The van der Waals surface area contributed by atoms with E-state index in [2.05, 4.69) is 30.9 Å². The van der Waals surface area contributed by atoms with Gasteiger partial charge in [0.15, 0.2) is 0 Å². The first-order valence-electron chi connectivity index (χ1n) is 7.98. The van der Waals surface area contributed by atoms with E-state index in [4.69, 9.17) is 23.8 Å². The van der Waals surface area contributed by atoms with Crippen LogP contribution in [0.15, 0.2) is 54.6 Å². The highest BCUT2D eigenvalue weighted by atomic mass is 35.5. The first-order valence-corrected chi connectivity index (χ1v) is 9.58. The van der Waals surface area contributed by atoms with E-state index < -0.39 is 0 Å². The van der Waals surface area contributed by atoms with Gasteiger partial charge in [0.05, 0.1) is 6.54 Å². The number of rotatable bonds is 4. The molecule has 3 nitrogen and oxygen atoms in total. The monoisotopic (exact) mass is 391 g/mol. The number of hydrogen-bond donors (Lipinski definition) is 1. The summed E-state index contributed by atoms with van der Waals surface area (Å²) in [5.41, 5.74) is 2.04. The van der Waals surface area contributed by atoms with Gasteiger partial charge in [0.2, 0.25) is 6.21 Å². The standard InChI is InChI=1S/C19H20ClN2OS2/c1-19(2)17(22(23)13-15-8-10-16(20)11-9-15)21(18(24)25-19)12-14-6-4-3-5-7-14/h3-11,13,17,23H,12H2,1-2H3/q+1. The van der Waals surface area contributed by atoms with Crippen LogP contribution in [0.5, 0.6) is 0 Å². The Hall–Kier alpha value is -1.56. The Kier molecular flexibility index (Phi) is 5.37. The summed E-state index contributed by atoms with van der Waals surface area (Å²) in [4.78, 5) is 2.07. The highest BCUT2D eigenvalue weighted by molar-refractivity contribution is 8.24. The second kappa shape index (κ2) is 7.36. The largest absolute Gasteiger partial charge is 0.292 e. The lowest BCUT2D eigenvalue weighted by Crippen LogP contribution is -2.48. The molecular weight excluding hydrogens is 372 g/mol. The Morgan fingerprint density at radius 2 is 1.84 bits per heavy atom. The van der Waals surface area contributed by atoms with Crippen molar-refractivity contribution in [3.63, 3.8) is 0 Å². The van der Waals surface area contributed by atoms with Crippen LogP contribution in [0, 0.1) is 0 Å². The molecule has 25 heavy (non-hydrogen) atoms. The predicted molar refractivity (Wildman–Crippen MR) is 109 cm³/mol. The zero-order chi connectivity index (χ0) is 18.0. The molecule has 0 amide bonds. The van der Waals surface area contributed by atoms with E-state index in [1.807, 2.05) is 42.5 Å². The first-order chi connectivity index (χ1) is 11.9. The van der Waals surface area contributed by atoms with E-state index in [1.165, 1.54) is 4.74 Å². The fourth-order valence-electron chi connectivity index (χ4n) is 2.98. The van der Waals surface area contributed by atoms with Gasteiger partial charge in [-0.2, -0.15) is 0 Å². The normalized spacial score (nSPS) is 20.1. The number of halogens is 1. The third kappa shape index (κ3) is 4.17. The van der Waals surface area contributed by atoms with Crippen molar-refractivity contribution < 1.29 is 9.95 Å². The Bertz CT molecular complexity index is 791. The lowest BCUT2D eigenvalue weighted by atomic mass is 10.1. The second-order valence-corrected chi connectivity index (χ2v) is 9.24. The quantitative estimate of drug-likeness (QED) is 0.266. The highest BCUT2D eigenvalue weighted by Gasteiger charge is 2.52. The fraction of sp³-hybridized carbons (Fsp3) is 0.263. The molecule has 1 atom stereocenters. The molecular formula is C19H20ClN2OS2+. The number of hydroxylamine groups is 1. The van der Waals surface area contributed by atoms with E-state index in [1.54, 1.807) is 18.0 Å². The van der Waals surface area contributed by atoms with Gasteiger partial charge in [0, 0.05) is 10.6 Å². The molecule has 1 N–H and O–H groups in total. The van der Waals surface area contributed by atoms with Crippen molar-refractivity contribution in [3.05, 3.63) is 70.7 Å². The second-order valence-electron chi connectivity index (χ2n) is 6.52. The summed E-state index contributed by atoms with van der Waals surface area (Å²) in [6.07, 6.45) is 1.45. The number of nitrogens with zero attached hydrogens (tertiary/aromatic N) is 2. The van der Waals surface area contributed by atoms with Crippen molar-refractivity contribution in [3.8, 4) is 0 Å². The van der Waals surface area contributed by atoms with Crippen molar-refractivity contribution >= 4 is 46.1 Å². The molecule has 3 rings (SSSR count). The summed E-state index contributed by atoms with van der Waals surface area (Å²) >= 11 is 13.1. The maximum absolute atomic E-state index is 10.8. The van der Waals surface area contributed by atoms with E-state index in [-0.39, 0.29) is 10.9 Å². The minimum Gasteiger partial charge on any atom is -0.291 e. The molecule has 1 aliphatic heterocycles. The minimum atomic E-state index is -0.263. The van der Waals surface area contributed by atoms with Crippen LogP contribution in [0.1, 0.15) is 25.0 Å². The third-order valence-corrected chi connectivity index (χ3v) is 5.98. The molecule has 2 aromatic carbocycles. The topological polar surface area (TPSA) is 26.5 Å². The van der Waals surface area contributed by atoms with Gasteiger partial charge in [0.25, 0.3) is 6.17 Å². The number of benzene rings is 2. The molecule has 0 aliphatic carbocycles. The van der Waals surface area contributed by atoms with Crippen LogP contribution in [0.4, 0.5) is 0 Å². The van der Waals surface area contributed by atoms with Crippen LogP contribution in [-0.2, 0) is 6.54 Å². The first kappa shape index (κ1) is 18.2. The molecule has 2 aromatic rings. The molecule has 0 saturated carbocycles. The van der Waals surface area contributed by atoms with Crippen molar-refractivity contribution in [1.29, 1.82) is 0 Å². The van der Waals surface area contributed by atoms with Gasteiger partial charge in [0.1, 0.15) is 9.07 Å². The van der Waals surface area contributed by atoms with Gasteiger partial charge in [-0.1, -0.05) is 65.9 Å². The molecule has 1 fully saturated rings. The molecule has 1 aliphatic rings. The lowest BCUT2D eigenvalue weighted by molar-refractivity contribution is -0.808. The Balaban J connectivity index is 1.91. The van der Waals surface area contributed by atoms with Crippen LogP contribution in [0.25, 0.3) is 0 Å². The Morgan fingerprint density at radius 1 is 1.20 bits per heavy atom. The van der Waals surface area contributed by atoms with Crippen LogP contribution in [0.3, 0.4) is 0 Å². The number of hydrogen-bond acceptors (Lipinski definition) is 3. The Labute approximate surface area is 162 Å². The van der Waals surface area contributed by atoms with E-state index in [0.717, 1.165) is 15.4 Å². The molecule has 6 heteroatoms. The average Bonchev–Trinajstić information content (AvgIpc) is 2.79. The van der Waals surface area contributed by atoms with Crippen molar-refractivity contribution in [2.24, 2.45) is 0 Å². The SMILES string of the molecule is CC1(C)SC(=S)N(Cc2ccccc2)C1[N+](O)=Cc1ccc(Cl)cc1. The van der Waals surface area contributed by atoms with Crippen LogP contribution >= 0.6 is 35.6 Å². The third-order valence-electron chi connectivity index (χ3n) is 4.10. The molecule has 1 unspecified atom stereocenters. The van der Waals surface area contributed by atoms with Gasteiger partial charge >= 0.3 is 0 Å². The highest BCUT2D eigenvalue weighted by Crippen LogP contribution is 2.42. The zero-order valence-corrected chi connectivity index (χ0v) is 16.5. The smallest absolute Gasteiger partial charge is 0.291 e. The summed E-state index contributed by atoms with van der Waals surface area (Å²) in [6.45, 7) is 4.85. The van der Waals surface area contributed by atoms with Crippen molar-refractivity contribution in [2.75, 3.05) is 0 Å². The Morgan fingerprint density at radius 3 is 2.48 bits per heavy atom. The van der Waals surface area contributed by atoms with E-state index in [9.17, 15) is 5.21 Å². The van der Waals surface area contributed by atoms with E-state index in [0.29, 0.717) is 11.6 Å². The maximum Gasteiger partial charge on any atom is 0.292 e. The van der Waals surface area contributed by atoms with Gasteiger partial charge < -0.3 is 0 Å². The molecule has 1 saturated heterocycles. The maximum atomic E-state index is 10.8. The lowest BCUT2D eigenvalue weighted by Gasteiger charge is -2.25. The minimum absolute atomic E-state index is 0.246. The summed E-state index contributed by atoms with van der Waals surface area (Å²) in [7, 11) is 0. The molecule has 130 valence electrons. The molecule has 0 aromatic heterocycles.